The molecule has 0 spiro atoms. The number of anilines is 6. The zero-order valence-corrected chi connectivity index (χ0v) is 70.1. The van der Waals surface area contributed by atoms with E-state index in [9.17, 15) is 48.9 Å². The third kappa shape index (κ3) is 19.9. The summed E-state index contributed by atoms with van der Waals surface area (Å²) in [6.07, 6.45) is 8.57. The van der Waals surface area contributed by atoms with E-state index in [0.717, 1.165) is 0 Å². The minimum absolute atomic E-state index is 0.0248. The van der Waals surface area contributed by atoms with Crippen LogP contribution >= 0.6 is 0 Å². The highest BCUT2D eigenvalue weighted by Gasteiger charge is 2.28. The van der Waals surface area contributed by atoms with Crippen molar-refractivity contribution in [3.8, 4) is 34.7 Å². The van der Waals surface area contributed by atoms with Gasteiger partial charge in [0.1, 0.15) is 22.6 Å². The summed E-state index contributed by atoms with van der Waals surface area (Å²) in [5, 5.41) is 92.1. The van der Waals surface area contributed by atoms with E-state index in [1.165, 1.54) is 70.3 Å². The number of pyridine rings is 1. The highest BCUT2D eigenvalue weighted by molar-refractivity contribution is 6.17. The largest absolute Gasteiger partial charge is 0.505 e. The summed E-state index contributed by atoms with van der Waals surface area (Å²) in [5.74, 6) is -4.15. The quantitative estimate of drug-likeness (QED) is 0.0173. The first-order valence-electron chi connectivity index (χ1n) is 40.6. The zero-order valence-electron chi connectivity index (χ0n) is 70.1. The number of aromatic nitrogens is 9. The van der Waals surface area contributed by atoms with Crippen molar-refractivity contribution in [2.75, 3.05) is 39.0 Å². The van der Waals surface area contributed by atoms with Crippen LogP contribution in [0.2, 0.25) is 0 Å². The number of phenolic OH excluding ortho intramolecular Hbond substituents is 3. The minimum Gasteiger partial charge on any atom is -0.505 e. The van der Waals surface area contributed by atoms with E-state index in [1.807, 2.05) is 78.9 Å². The standard InChI is InChI=1S/C35H26N6O5.C33H22N8O3.C32H21N9O3/c1-46-35(45)29-21-36-41(26-15-9-4-10-16-26)32(29)40-39-30-27-18-17-22(33(43)37-24-11-5-2-6-12-24)19-23(27)20-28(31(30)42)34(44)38-25-13-7-3-8-14-25;1-34-27-20-36-41(28-14-8-9-17-35-28)31(27)40-39-29-25-16-15-21(32(43)37-23-10-4-2-5-11-23)18-22(25)19-26(30(29)42)33(44)38-24-12-6-3-7-13-24;1-33-26-19-36-41(32-34-15-8-16-35-32)29(26)40-39-27-24-14-13-20(30(43)37-22-9-4-2-5-10-22)17-21(24)18-25(28(27)42)31(44)38-23-11-6-3-7-12-23/h2-21,42H,1H3,(H,37,43)(H,38,44);2-20,42H,(H,37,43)(H,38,44);2-19,42H,(H,37,43)(H,38,44). The molecule has 34 nitrogen and oxygen atoms in total. The number of phenols is 3. The summed E-state index contributed by atoms with van der Waals surface area (Å²) >= 11 is 0. The van der Waals surface area contributed by atoms with Crippen molar-refractivity contribution in [2.45, 2.75) is 0 Å². The molecule has 18 aromatic rings. The number of para-hydroxylation sites is 7. The number of nitrogens with zero attached hydrogens (tertiary/aromatic N) is 17. The molecule has 0 saturated carbocycles. The van der Waals surface area contributed by atoms with Crippen molar-refractivity contribution in [1.29, 1.82) is 0 Å². The second-order valence-electron chi connectivity index (χ2n) is 28.8. The molecule has 34 heteroatoms. The lowest BCUT2D eigenvalue weighted by Gasteiger charge is -2.13. The Labute approximate surface area is 760 Å². The van der Waals surface area contributed by atoms with Crippen LogP contribution in [-0.2, 0) is 4.74 Å². The number of hydrogen-bond donors (Lipinski definition) is 9. The summed E-state index contributed by atoms with van der Waals surface area (Å²) in [7, 11) is 1.24. The number of carbonyl (C=O) groups excluding carboxylic acids is 7. The van der Waals surface area contributed by atoms with Crippen LogP contribution in [0.15, 0.2) is 377 Å². The summed E-state index contributed by atoms with van der Waals surface area (Å²) < 4.78 is 8.93. The first-order valence-corrected chi connectivity index (χ1v) is 40.6. The van der Waals surface area contributed by atoms with Crippen LogP contribution in [0.4, 0.5) is 80.0 Å². The number of nitrogens with one attached hydrogen (secondary N) is 6. The fraction of sp³-hybridized carbons (Fsp3) is 0.0100. The second-order valence-corrected chi connectivity index (χ2v) is 28.8. The number of carbonyl (C=O) groups is 7. The van der Waals surface area contributed by atoms with Gasteiger partial charge in [0, 0.05) is 85.6 Å². The van der Waals surface area contributed by atoms with Crippen LogP contribution < -0.4 is 31.9 Å². The SMILES string of the molecule is COC(=O)c1cnn(-c2ccccc2)c1N=Nc1c(O)c(C(=O)Nc2ccccc2)cc2cc(C(=O)Nc3ccccc3)ccc12.[C-]#[N+]c1cnn(-c2ccccn2)c1N=Nc1c(O)c(C(=O)Nc2ccccc2)cc2cc(C(=O)Nc3ccccc3)ccc12.[C-]#[N+]c1cnn(-c2ncccn2)c1N=Nc1c(O)c(C(=O)Nc2ccccc2)cc2cc(C(=O)Nc3ccccc3)ccc12. The van der Waals surface area contributed by atoms with Gasteiger partial charge in [-0.3, -0.25) is 28.8 Å². The molecule has 0 saturated heterocycles. The Kier molecular flexibility index (Phi) is 26.4. The Hall–Kier alpha value is -20.0. The van der Waals surface area contributed by atoms with Gasteiger partial charge in [-0.05, 0) is 174 Å². The smallest absolute Gasteiger partial charge is 0.343 e. The molecule has 0 aliphatic carbocycles. The summed E-state index contributed by atoms with van der Waals surface area (Å²) in [4.78, 5) is 112. The molecule has 13 aromatic carbocycles. The molecule has 9 N–H and O–H groups in total. The monoisotopic (exact) mass is 1770 g/mol. The number of fused-ring (bicyclic) bond motifs is 3. The second kappa shape index (κ2) is 40.5. The van der Waals surface area contributed by atoms with E-state index in [1.54, 1.807) is 219 Å². The number of hydrogen-bond acceptors (Lipinski definition) is 23. The Balaban J connectivity index is 0.000000146. The number of benzene rings is 13. The molecule has 0 fully saturated rings. The maximum Gasteiger partial charge on any atom is 0.343 e. The first kappa shape index (κ1) is 87.4. The summed E-state index contributed by atoms with van der Waals surface area (Å²) in [6.45, 7) is 15.1. The molecule has 0 bridgehead atoms. The van der Waals surface area contributed by atoms with Crippen LogP contribution in [0.25, 0.3) is 59.5 Å². The predicted molar refractivity (Wildman–Crippen MR) is 504 cm³/mol. The minimum atomic E-state index is -0.685. The predicted octanol–water partition coefficient (Wildman–Crippen LogP) is 22.0. The number of esters is 1. The highest BCUT2D eigenvalue weighted by atomic mass is 16.5. The van der Waals surface area contributed by atoms with Crippen LogP contribution in [0.5, 0.6) is 17.2 Å². The van der Waals surface area contributed by atoms with Gasteiger partial charge >= 0.3 is 5.97 Å². The lowest BCUT2D eigenvalue weighted by atomic mass is 10.0. The van der Waals surface area contributed by atoms with Crippen LogP contribution in [0.1, 0.15) is 72.5 Å². The van der Waals surface area contributed by atoms with E-state index in [4.69, 9.17) is 17.9 Å². The normalized spacial score (nSPS) is 10.9. The molecule has 5 heterocycles. The van der Waals surface area contributed by atoms with E-state index in [2.05, 4.69) is 103 Å². The Morgan fingerprint density at radius 1 is 0.321 bits per heavy atom. The molecular weight excluding hydrogens is 1700 g/mol. The van der Waals surface area contributed by atoms with Crippen LogP contribution in [-0.4, -0.2) is 108 Å². The molecule has 0 radical (unpaired) electrons. The average Bonchev–Trinajstić information content (AvgIpc) is 1.05. The fourth-order valence-electron chi connectivity index (χ4n) is 13.7. The third-order valence-electron chi connectivity index (χ3n) is 20.2. The third-order valence-corrected chi connectivity index (χ3v) is 20.2. The topological polar surface area (TPSA) is 437 Å². The number of methoxy groups -OCH3 is 1. The van der Waals surface area contributed by atoms with Gasteiger partial charge < -0.3 is 52.0 Å². The molecule has 5 aromatic heterocycles. The van der Waals surface area contributed by atoms with Crippen molar-refractivity contribution in [1.82, 2.24) is 44.3 Å². The molecule has 134 heavy (non-hydrogen) atoms. The van der Waals surface area contributed by atoms with Gasteiger partial charge in [-0.2, -0.15) is 20.0 Å². The lowest BCUT2D eigenvalue weighted by Crippen LogP contribution is -2.13. The van der Waals surface area contributed by atoms with Gasteiger partial charge in [0.25, 0.3) is 52.8 Å². The van der Waals surface area contributed by atoms with E-state index < -0.39 is 40.9 Å². The molecule has 0 aliphatic rings. The summed E-state index contributed by atoms with van der Waals surface area (Å²) in [5.41, 5.74) is 4.80. The Morgan fingerprint density at radius 3 is 0.978 bits per heavy atom. The van der Waals surface area contributed by atoms with E-state index in [-0.39, 0.29) is 91.8 Å². The van der Waals surface area contributed by atoms with Gasteiger partial charge in [0.2, 0.25) is 0 Å². The lowest BCUT2D eigenvalue weighted by molar-refractivity contribution is 0.0600. The van der Waals surface area contributed by atoms with Crippen LogP contribution in [0, 0.1) is 13.1 Å². The van der Waals surface area contributed by atoms with Gasteiger partial charge in [-0.25, -0.2) is 38.8 Å². The first-order chi connectivity index (χ1) is 65.4. The van der Waals surface area contributed by atoms with Crippen molar-refractivity contribution < 1.29 is 53.6 Å². The maximum atomic E-state index is 13.4. The van der Waals surface area contributed by atoms with Crippen molar-refractivity contribution >= 4 is 154 Å². The van der Waals surface area contributed by atoms with Crippen molar-refractivity contribution in [3.05, 3.63) is 408 Å². The number of azo groups is 3. The van der Waals surface area contributed by atoms with Gasteiger partial charge in [-0.1, -0.05) is 152 Å². The zero-order chi connectivity index (χ0) is 93.0. The van der Waals surface area contributed by atoms with Gasteiger partial charge in [0.05, 0.1) is 61.2 Å². The maximum absolute atomic E-state index is 13.4. The molecule has 18 rings (SSSR count). The Morgan fingerprint density at radius 2 is 0.634 bits per heavy atom. The van der Waals surface area contributed by atoms with E-state index >= 15 is 0 Å². The molecular formula is C100H69N23O11. The molecule has 0 atom stereocenters. The molecule has 0 aliphatic heterocycles. The van der Waals surface area contributed by atoms with Crippen LogP contribution in [0.3, 0.4) is 0 Å². The highest BCUT2D eigenvalue weighted by Crippen LogP contribution is 2.46. The molecule has 0 unspecified atom stereocenters. The fourth-order valence-corrected chi connectivity index (χ4v) is 13.7. The van der Waals surface area contributed by atoms with E-state index in [0.29, 0.717) is 94.6 Å². The number of amides is 6. The van der Waals surface area contributed by atoms with Gasteiger partial charge in [0.15, 0.2) is 40.5 Å². The number of ether oxygens (including phenoxy) is 1. The number of rotatable bonds is 22. The number of aromatic hydroxyl groups is 3. The average molecular weight is 1770 g/mol. The Bertz CT molecular complexity index is 7370. The van der Waals surface area contributed by atoms with Gasteiger partial charge in [-0.15, -0.1) is 30.7 Å². The van der Waals surface area contributed by atoms with Crippen molar-refractivity contribution in [3.63, 3.8) is 0 Å². The van der Waals surface area contributed by atoms with Crippen molar-refractivity contribution in [2.24, 2.45) is 30.7 Å². The molecule has 650 valence electrons. The molecule has 6 amide bonds. The summed E-state index contributed by atoms with van der Waals surface area (Å²) in [6, 6.07) is 88.0.